The van der Waals surface area contributed by atoms with Crippen LogP contribution in [0.5, 0.6) is 0 Å². The van der Waals surface area contributed by atoms with Crippen LogP contribution in [-0.4, -0.2) is 121 Å². The number of hydrogen-bond acceptors (Lipinski definition) is 10. The molecule has 0 saturated carbocycles. The highest BCUT2D eigenvalue weighted by Gasteiger charge is 2.39. The molecule has 18 nitrogen and oxygen atoms in total. The van der Waals surface area contributed by atoms with Gasteiger partial charge in [0.1, 0.15) is 30.2 Å². The maximum Gasteiger partial charge on any atom is 0.326 e. The molecule has 18 heteroatoms. The highest BCUT2D eigenvalue weighted by atomic mass is 16.4. The minimum atomic E-state index is -1.72. The smallest absolute Gasteiger partial charge is 0.326 e. The molecule has 1 saturated heterocycles. The van der Waals surface area contributed by atoms with Gasteiger partial charge in [-0.1, -0.05) is 13.8 Å². The predicted octanol–water partition coefficient (Wildman–Crippen LogP) is -3.17. The Balaban J connectivity index is 2.15. The number of H-pyrrole nitrogens is 1. The fourth-order valence-corrected chi connectivity index (χ4v) is 4.72. The van der Waals surface area contributed by atoms with Crippen LogP contribution in [0.4, 0.5) is 0 Å². The second kappa shape index (κ2) is 17.0. The first kappa shape index (κ1) is 36.6. The van der Waals surface area contributed by atoms with Crippen molar-refractivity contribution in [2.24, 2.45) is 11.7 Å². The number of aromatic amines is 1. The molecule has 0 bridgehead atoms. The van der Waals surface area contributed by atoms with Crippen molar-refractivity contribution in [1.82, 2.24) is 36.1 Å². The first-order valence-corrected chi connectivity index (χ1v) is 14.4. The number of carboxylic acids is 2. The van der Waals surface area contributed by atoms with E-state index < -0.39 is 90.8 Å². The number of hydrogen-bond donors (Lipinski definition) is 9. The second-order valence-corrected chi connectivity index (χ2v) is 11.2. The van der Waals surface area contributed by atoms with Gasteiger partial charge >= 0.3 is 11.9 Å². The van der Waals surface area contributed by atoms with Crippen molar-refractivity contribution in [3.05, 3.63) is 18.2 Å². The van der Waals surface area contributed by atoms with Crippen LogP contribution < -0.4 is 27.0 Å². The molecule has 1 aromatic heterocycles. The monoisotopic (exact) mass is 638 g/mol. The van der Waals surface area contributed by atoms with E-state index in [1.807, 2.05) is 13.8 Å². The Kier molecular flexibility index (Phi) is 13.9. The number of likely N-dealkylation sites (tertiary alicyclic amines) is 1. The van der Waals surface area contributed by atoms with Gasteiger partial charge in [-0.25, -0.2) is 9.78 Å². The van der Waals surface area contributed by atoms with Crippen LogP contribution in [0.2, 0.25) is 0 Å². The number of amides is 5. The molecular weight excluding hydrogens is 596 g/mol. The van der Waals surface area contributed by atoms with Crippen LogP contribution in [0, 0.1) is 5.92 Å². The van der Waals surface area contributed by atoms with Gasteiger partial charge in [-0.2, -0.15) is 0 Å². The Morgan fingerprint density at radius 3 is 2.18 bits per heavy atom. The summed E-state index contributed by atoms with van der Waals surface area (Å²) >= 11 is 0. The van der Waals surface area contributed by atoms with Crippen LogP contribution in [0.15, 0.2) is 12.5 Å². The van der Waals surface area contributed by atoms with E-state index in [9.17, 15) is 43.8 Å². The van der Waals surface area contributed by atoms with Gasteiger partial charge in [-0.05, 0) is 32.1 Å². The minimum Gasteiger partial charge on any atom is -0.481 e. The molecule has 45 heavy (non-hydrogen) atoms. The first-order valence-electron chi connectivity index (χ1n) is 14.4. The molecule has 6 atom stereocenters. The normalized spacial score (nSPS) is 17.8. The molecule has 0 aliphatic carbocycles. The van der Waals surface area contributed by atoms with E-state index in [-0.39, 0.29) is 25.3 Å². The molecule has 1 aromatic rings. The molecule has 5 amide bonds. The number of carbonyl (C=O) groups excluding carboxylic acids is 5. The van der Waals surface area contributed by atoms with E-state index in [1.54, 1.807) is 0 Å². The van der Waals surface area contributed by atoms with Crippen LogP contribution in [0.1, 0.15) is 52.1 Å². The van der Waals surface area contributed by atoms with Crippen molar-refractivity contribution >= 4 is 41.5 Å². The standard InChI is InChI=1S/C27H42N8O10/c1-13(2)7-16(28)23(40)34-19(11-36)24(41)32-17(8-15-10-29-12-30-15)26(43)35-6-4-5-20(35)25(42)31-14(3)22(39)33-18(27(44)45)9-21(37)38/h10,12-14,16-20,36H,4-9,11,28H2,1-3H3,(H,29,30)(H,31,42)(H,32,41)(H,33,39)(H,34,40)(H,37,38)(H,44,45)/t14-,16-,17-,18-,19-,20-/m0/s1. The van der Waals surface area contributed by atoms with E-state index in [0.717, 1.165) is 0 Å². The summed E-state index contributed by atoms with van der Waals surface area (Å²) in [5, 5.41) is 37.3. The number of aliphatic carboxylic acids is 2. The van der Waals surface area contributed by atoms with Crippen LogP contribution in [0.3, 0.4) is 0 Å². The summed E-state index contributed by atoms with van der Waals surface area (Å²) in [6.45, 7) is 4.36. The zero-order valence-electron chi connectivity index (χ0n) is 25.3. The summed E-state index contributed by atoms with van der Waals surface area (Å²) in [6, 6.07) is -7.66. The molecule has 1 fully saturated rings. The van der Waals surface area contributed by atoms with Gasteiger partial charge in [-0.15, -0.1) is 0 Å². The largest absolute Gasteiger partial charge is 0.481 e. The lowest BCUT2D eigenvalue weighted by Crippen LogP contribution is -2.59. The molecule has 10 N–H and O–H groups in total. The van der Waals surface area contributed by atoms with Crippen molar-refractivity contribution in [3.63, 3.8) is 0 Å². The SMILES string of the molecule is CC(C)C[C@H](N)C(=O)N[C@@H](CO)C(=O)N[C@@H](Cc1c[nH]cn1)C(=O)N1CCC[C@H]1C(=O)N[C@@H](C)C(=O)N[C@@H](CC(=O)O)C(=O)O. The lowest BCUT2D eigenvalue weighted by molar-refractivity contribution is -0.147. The molecule has 2 rings (SSSR count). The van der Waals surface area contributed by atoms with E-state index in [1.165, 1.54) is 24.3 Å². The van der Waals surface area contributed by atoms with E-state index in [2.05, 4.69) is 31.2 Å². The maximum absolute atomic E-state index is 13.8. The Labute approximate surface area is 258 Å². The van der Waals surface area contributed by atoms with E-state index >= 15 is 0 Å². The van der Waals surface area contributed by atoms with Gasteiger partial charge in [-0.3, -0.25) is 28.8 Å². The van der Waals surface area contributed by atoms with Crippen molar-refractivity contribution < 1.29 is 48.9 Å². The molecular formula is C27H42N8O10. The number of carbonyl (C=O) groups is 7. The first-order chi connectivity index (χ1) is 21.1. The maximum atomic E-state index is 13.8. The molecule has 0 radical (unpaired) electrons. The van der Waals surface area contributed by atoms with Gasteiger partial charge in [0.05, 0.1) is 31.1 Å². The number of aromatic nitrogens is 2. The summed E-state index contributed by atoms with van der Waals surface area (Å²) in [5.74, 6) is -6.75. The van der Waals surface area contributed by atoms with E-state index in [0.29, 0.717) is 18.5 Å². The minimum absolute atomic E-state index is 0.100. The third kappa shape index (κ3) is 11.1. The van der Waals surface area contributed by atoms with Crippen molar-refractivity contribution in [2.75, 3.05) is 13.2 Å². The van der Waals surface area contributed by atoms with Crippen LogP contribution >= 0.6 is 0 Å². The number of nitrogens with two attached hydrogens (primary N) is 1. The zero-order chi connectivity index (χ0) is 33.8. The molecule has 0 aromatic carbocycles. The van der Waals surface area contributed by atoms with E-state index in [4.69, 9.17) is 10.8 Å². The quantitative estimate of drug-likeness (QED) is 0.0817. The number of aliphatic hydroxyl groups excluding tert-OH is 1. The van der Waals surface area contributed by atoms with Crippen LogP contribution in [0.25, 0.3) is 0 Å². The molecule has 1 aliphatic heterocycles. The summed E-state index contributed by atoms with van der Waals surface area (Å²) in [6.07, 6.45) is 2.87. The topological polar surface area (TPSA) is 286 Å². The van der Waals surface area contributed by atoms with Gasteiger partial charge in [0.2, 0.25) is 29.5 Å². The molecule has 0 unspecified atom stereocenters. The number of nitrogens with one attached hydrogen (secondary N) is 5. The Hall–Kier alpha value is -4.58. The predicted molar refractivity (Wildman–Crippen MR) is 155 cm³/mol. The molecule has 2 heterocycles. The van der Waals surface area contributed by atoms with Gasteiger partial charge in [0.15, 0.2) is 0 Å². The lowest BCUT2D eigenvalue weighted by Gasteiger charge is -2.30. The Morgan fingerprint density at radius 1 is 0.978 bits per heavy atom. The highest BCUT2D eigenvalue weighted by molar-refractivity contribution is 5.97. The summed E-state index contributed by atoms with van der Waals surface area (Å²) in [4.78, 5) is 95.3. The van der Waals surface area contributed by atoms with Crippen LogP contribution in [-0.2, 0) is 40.0 Å². The van der Waals surface area contributed by atoms with Gasteiger partial charge in [0, 0.05) is 19.2 Å². The molecule has 1 aliphatic rings. The van der Waals surface area contributed by atoms with Crippen molar-refractivity contribution in [2.45, 2.75) is 89.1 Å². The third-order valence-corrected chi connectivity index (χ3v) is 7.04. The number of rotatable bonds is 17. The summed E-state index contributed by atoms with van der Waals surface area (Å²) in [5.41, 5.74) is 6.29. The Morgan fingerprint density at radius 2 is 1.62 bits per heavy atom. The number of imidazole rings is 1. The fraction of sp³-hybridized carbons (Fsp3) is 0.630. The summed E-state index contributed by atoms with van der Waals surface area (Å²) in [7, 11) is 0. The number of aliphatic hydroxyl groups is 1. The van der Waals surface area contributed by atoms with Crippen molar-refractivity contribution in [1.29, 1.82) is 0 Å². The number of carboxylic acid groups (broad SMARTS) is 2. The van der Waals surface area contributed by atoms with Crippen molar-refractivity contribution in [3.8, 4) is 0 Å². The number of nitrogens with zero attached hydrogens (tertiary/aromatic N) is 2. The van der Waals surface area contributed by atoms with Gasteiger partial charge in [0.25, 0.3) is 0 Å². The zero-order valence-corrected chi connectivity index (χ0v) is 25.3. The molecule has 250 valence electrons. The lowest BCUT2D eigenvalue weighted by atomic mass is 10.0. The average Bonchev–Trinajstić information content (AvgIpc) is 3.66. The molecule has 0 spiro atoms. The highest BCUT2D eigenvalue weighted by Crippen LogP contribution is 2.20. The average molecular weight is 639 g/mol. The van der Waals surface area contributed by atoms with Gasteiger partial charge < -0.3 is 52.2 Å². The fourth-order valence-electron chi connectivity index (χ4n) is 4.72. The second-order valence-electron chi connectivity index (χ2n) is 11.2. The third-order valence-electron chi connectivity index (χ3n) is 7.04. The summed E-state index contributed by atoms with van der Waals surface area (Å²) < 4.78 is 0. The Bertz CT molecular complexity index is 1220.